The SMILES string of the molecule is COc1ccc(CC(=O)Cc2cccc(F)c2)cc1F. The Bertz CT molecular complexity index is 624. The molecule has 0 spiro atoms. The predicted molar refractivity (Wildman–Crippen MR) is 71.8 cm³/mol. The van der Waals surface area contributed by atoms with Gasteiger partial charge in [-0.15, -0.1) is 0 Å². The van der Waals surface area contributed by atoms with Gasteiger partial charge in [-0.1, -0.05) is 18.2 Å². The summed E-state index contributed by atoms with van der Waals surface area (Å²) in [6, 6.07) is 10.3. The Morgan fingerprint density at radius 3 is 2.35 bits per heavy atom. The number of ketones is 1. The fourth-order valence-corrected chi connectivity index (χ4v) is 1.98. The number of ether oxygens (including phenoxy) is 1. The molecule has 0 saturated heterocycles. The summed E-state index contributed by atoms with van der Waals surface area (Å²) in [4.78, 5) is 11.9. The zero-order chi connectivity index (χ0) is 14.5. The second-order valence-corrected chi connectivity index (χ2v) is 4.49. The third-order valence-electron chi connectivity index (χ3n) is 2.91. The van der Waals surface area contributed by atoms with Gasteiger partial charge in [-0.2, -0.15) is 0 Å². The van der Waals surface area contributed by atoms with Gasteiger partial charge in [0.05, 0.1) is 7.11 Å². The fraction of sp³-hybridized carbons (Fsp3) is 0.188. The molecule has 0 heterocycles. The van der Waals surface area contributed by atoms with E-state index in [0.29, 0.717) is 11.1 Å². The van der Waals surface area contributed by atoms with E-state index in [1.807, 2.05) is 0 Å². The van der Waals surface area contributed by atoms with E-state index in [2.05, 4.69) is 0 Å². The molecule has 0 fully saturated rings. The van der Waals surface area contributed by atoms with Gasteiger partial charge < -0.3 is 4.74 Å². The minimum Gasteiger partial charge on any atom is -0.494 e. The molecule has 0 aliphatic carbocycles. The third kappa shape index (κ3) is 3.63. The van der Waals surface area contributed by atoms with Gasteiger partial charge in [0.2, 0.25) is 0 Å². The molecule has 0 N–H and O–H groups in total. The van der Waals surface area contributed by atoms with Crippen molar-refractivity contribution in [2.24, 2.45) is 0 Å². The van der Waals surface area contributed by atoms with Crippen LogP contribution >= 0.6 is 0 Å². The lowest BCUT2D eigenvalue weighted by molar-refractivity contribution is -0.117. The van der Waals surface area contributed by atoms with Crippen LogP contribution < -0.4 is 4.74 Å². The summed E-state index contributed by atoms with van der Waals surface area (Å²) < 4.78 is 31.3. The quantitative estimate of drug-likeness (QED) is 0.837. The molecule has 0 atom stereocenters. The van der Waals surface area contributed by atoms with E-state index in [9.17, 15) is 13.6 Å². The Kier molecular flexibility index (Phi) is 4.45. The first kappa shape index (κ1) is 14.2. The van der Waals surface area contributed by atoms with Crippen LogP contribution in [-0.4, -0.2) is 12.9 Å². The van der Waals surface area contributed by atoms with Gasteiger partial charge in [0.15, 0.2) is 11.6 Å². The van der Waals surface area contributed by atoms with Crippen molar-refractivity contribution >= 4 is 5.78 Å². The van der Waals surface area contributed by atoms with Gasteiger partial charge in [0.1, 0.15) is 11.6 Å². The number of halogens is 2. The Labute approximate surface area is 116 Å². The zero-order valence-electron chi connectivity index (χ0n) is 11.0. The van der Waals surface area contributed by atoms with Gasteiger partial charge >= 0.3 is 0 Å². The van der Waals surface area contributed by atoms with E-state index in [1.165, 1.54) is 31.4 Å². The summed E-state index contributed by atoms with van der Waals surface area (Å²) in [5.41, 5.74) is 1.19. The number of methoxy groups -OCH3 is 1. The number of carbonyl (C=O) groups excluding carboxylic acids is 1. The molecule has 0 aromatic heterocycles. The fourth-order valence-electron chi connectivity index (χ4n) is 1.98. The van der Waals surface area contributed by atoms with Crippen LogP contribution in [0.15, 0.2) is 42.5 Å². The molecule has 2 aromatic rings. The minimum absolute atomic E-state index is 0.0971. The maximum Gasteiger partial charge on any atom is 0.165 e. The predicted octanol–water partition coefficient (Wildman–Crippen LogP) is 3.33. The number of benzene rings is 2. The van der Waals surface area contributed by atoms with Crippen LogP contribution in [0.2, 0.25) is 0 Å². The smallest absolute Gasteiger partial charge is 0.165 e. The van der Waals surface area contributed by atoms with Crippen molar-refractivity contribution < 1.29 is 18.3 Å². The number of rotatable bonds is 5. The second-order valence-electron chi connectivity index (χ2n) is 4.49. The molecule has 0 amide bonds. The molecule has 0 bridgehead atoms. The van der Waals surface area contributed by atoms with Crippen LogP contribution in [0, 0.1) is 11.6 Å². The largest absolute Gasteiger partial charge is 0.494 e. The van der Waals surface area contributed by atoms with E-state index in [4.69, 9.17) is 4.74 Å². The summed E-state index contributed by atoms with van der Waals surface area (Å²) in [7, 11) is 1.38. The number of Topliss-reactive ketones (excluding diaryl/α,β-unsaturated/α-hetero) is 1. The van der Waals surface area contributed by atoms with Crippen molar-refractivity contribution in [1.82, 2.24) is 0 Å². The average Bonchev–Trinajstić information content (AvgIpc) is 2.38. The normalized spacial score (nSPS) is 10.3. The van der Waals surface area contributed by atoms with Crippen molar-refractivity contribution in [1.29, 1.82) is 0 Å². The molecule has 0 radical (unpaired) electrons. The topological polar surface area (TPSA) is 26.3 Å². The zero-order valence-corrected chi connectivity index (χ0v) is 11.0. The van der Waals surface area contributed by atoms with Crippen molar-refractivity contribution in [2.75, 3.05) is 7.11 Å². The van der Waals surface area contributed by atoms with Crippen LogP contribution in [0.5, 0.6) is 5.75 Å². The van der Waals surface area contributed by atoms with Crippen molar-refractivity contribution in [3.05, 3.63) is 65.2 Å². The summed E-state index contributed by atoms with van der Waals surface area (Å²) in [5, 5.41) is 0. The Morgan fingerprint density at radius 2 is 1.75 bits per heavy atom. The van der Waals surface area contributed by atoms with Crippen LogP contribution in [0.3, 0.4) is 0 Å². The summed E-state index contributed by atoms with van der Waals surface area (Å²) in [6.45, 7) is 0. The highest BCUT2D eigenvalue weighted by Gasteiger charge is 2.09. The summed E-state index contributed by atoms with van der Waals surface area (Å²) in [6.07, 6.45) is 0.239. The van der Waals surface area contributed by atoms with Gasteiger partial charge in [-0.25, -0.2) is 8.78 Å². The second kappa shape index (κ2) is 6.28. The van der Waals surface area contributed by atoms with Crippen molar-refractivity contribution in [2.45, 2.75) is 12.8 Å². The Morgan fingerprint density at radius 1 is 1.05 bits per heavy atom. The van der Waals surface area contributed by atoms with E-state index in [0.717, 1.165) is 0 Å². The highest BCUT2D eigenvalue weighted by Crippen LogP contribution is 2.18. The monoisotopic (exact) mass is 276 g/mol. The number of carbonyl (C=O) groups is 1. The number of hydrogen-bond acceptors (Lipinski definition) is 2. The first-order valence-corrected chi connectivity index (χ1v) is 6.17. The molecule has 2 rings (SSSR count). The van der Waals surface area contributed by atoms with Crippen LogP contribution in [0.25, 0.3) is 0 Å². The van der Waals surface area contributed by atoms with Crippen molar-refractivity contribution in [3.63, 3.8) is 0 Å². The molecule has 4 heteroatoms. The molecule has 0 aliphatic heterocycles. The molecule has 2 nitrogen and oxygen atoms in total. The Hall–Kier alpha value is -2.23. The maximum atomic E-state index is 13.5. The molecular weight excluding hydrogens is 262 g/mol. The first-order valence-electron chi connectivity index (χ1n) is 6.17. The highest BCUT2D eigenvalue weighted by molar-refractivity contribution is 5.83. The first-order chi connectivity index (χ1) is 9.58. The summed E-state index contributed by atoms with van der Waals surface area (Å²) in [5.74, 6) is -0.819. The molecule has 20 heavy (non-hydrogen) atoms. The maximum absolute atomic E-state index is 13.5. The van der Waals surface area contributed by atoms with Crippen LogP contribution in [0.1, 0.15) is 11.1 Å². The van der Waals surface area contributed by atoms with Gasteiger partial charge in [0, 0.05) is 12.8 Å². The highest BCUT2D eigenvalue weighted by atomic mass is 19.1. The van der Waals surface area contributed by atoms with Gasteiger partial charge in [-0.3, -0.25) is 4.79 Å². The standard InChI is InChI=1S/C16H14F2O2/c1-20-16-6-5-12(10-15(16)18)9-14(19)8-11-3-2-4-13(17)7-11/h2-7,10H,8-9H2,1H3. The lowest BCUT2D eigenvalue weighted by Crippen LogP contribution is -2.07. The van der Waals surface area contributed by atoms with Crippen LogP contribution in [0.4, 0.5) is 8.78 Å². The molecule has 0 aliphatic rings. The molecular formula is C16H14F2O2. The lowest BCUT2D eigenvalue weighted by atomic mass is 10.0. The van der Waals surface area contributed by atoms with Gasteiger partial charge in [0.25, 0.3) is 0 Å². The number of hydrogen-bond donors (Lipinski definition) is 0. The minimum atomic E-state index is -0.497. The van der Waals surface area contributed by atoms with Crippen LogP contribution in [-0.2, 0) is 17.6 Å². The van der Waals surface area contributed by atoms with E-state index in [-0.39, 0.29) is 30.2 Å². The molecule has 0 saturated carbocycles. The van der Waals surface area contributed by atoms with Gasteiger partial charge in [-0.05, 0) is 35.4 Å². The van der Waals surface area contributed by atoms with E-state index >= 15 is 0 Å². The van der Waals surface area contributed by atoms with E-state index < -0.39 is 5.82 Å². The average molecular weight is 276 g/mol. The lowest BCUT2D eigenvalue weighted by Gasteiger charge is -2.05. The Balaban J connectivity index is 2.03. The molecule has 104 valence electrons. The third-order valence-corrected chi connectivity index (χ3v) is 2.91. The van der Waals surface area contributed by atoms with Crippen molar-refractivity contribution in [3.8, 4) is 5.75 Å². The van der Waals surface area contributed by atoms with E-state index in [1.54, 1.807) is 18.2 Å². The molecule has 0 unspecified atom stereocenters. The summed E-state index contributed by atoms with van der Waals surface area (Å²) >= 11 is 0. The molecule has 2 aromatic carbocycles.